The molecule has 0 aliphatic carbocycles. The van der Waals surface area contributed by atoms with E-state index in [4.69, 9.17) is 9.47 Å². The molecule has 0 N–H and O–H groups in total. The molecule has 0 atom stereocenters. The average molecular weight is 466 g/mol. The molecule has 2 nitrogen and oxygen atoms in total. The molecule has 0 unspecified atom stereocenters. The number of ether oxygens (including phenoxy) is 2. The summed E-state index contributed by atoms with van der Waals surface area (Å²) in [7, 11) is 2.51. The zero-order valence-electron chi connectivity index (χ0n) is 16.2. The lowest BCUT2D eigenvalue weighted by Crippen LogP contribution is -3.00. The number of methoxy groups -OCH3 is 2. The maximum absolute atomic E-state index is 5.21. The highest BCUT2D eigenvalue weighted by Crippen LogP contribution is 2.46. The molecule has 0 aromatic heterocycles. The molecule has 0 aliphatic rings. The Morgan fingerprint density at radius 1 is 0.833 bits per heavy atom. The van der Waals surface area contributed by atoms with Gasteiger partial charge in [-0.15, -0.1) is 0 Å². The van der Waals surface area contributed by atoms with Crippen molar-refractivity contribution in [3.05, 3.63) is 29.8 Å². The first-order valence-electron chi connectivity index (χ1n) is 8.94. The van der Waals surface area contributed by atoms with Crippen LogP contribution in [-0.4, -0.2) is 40.5 Å². The van der Waals surface area contributed by atoms with Gasteiger partial charge in [0.2, 0.25) is 0 Å². The fourth-order valence-corrected chi connectivity index (χ4v) is 4.62. The number of hydrogen-bond acceptors (Lipinski definition) is 2. The summed E-state index contributed by atoms with van der Waals surface area (Å²) in [6.07, 6.45) is 10.0. The van der Waals surface area contributed by atoms with Gasteiger partial charge in [-0.25, -0.2) is 0 Å². The van der Waals surface area contributed by atoms with Gasteiger partial charge in [0.1, 0.15) is 0 Å². The second kappa shape index (κ2) is 13.5. The molecule has 1 rings (SSSR count). The van der Waals surface area contributed by atoms with E-state index < -0.39 is 7.26 Å². The molecule has 24 heavy (non-hydrogen) atoms. The molecule has 4 heteroatoms. The van der Waals surface area contributed by atoms with Gasteiger partial charge in [0.15, 0.2) is 6.29 Å². The van der Waals surface area contributed by atoms with Crippen molar-refractivity contribution >= 4 is 12.6 Å². The number of hydrogen-bond donors (Lipinski definition) is 0. The van der Waals surface area contributed by atoms with Gasteiger partial charge in [-0.1, -0.05) is 43.9 Å². The second-order valence-corrected chi connectivity index (χ2v) is 11.7. The van der Waals surface area contributed by atoms with Gasteiger partial charge in [0.25, 0.3) is 0 Å². The van der Waals surface area contributed by atoms with Crippen LogP contribution < -0.4 is 29.3 Å². The molecule has 0 saturated heterocycles. The summed E-state index contributed by atoms with van der Waals surface area (Å²) in [6.45, 7) is 7.25. The molecule has 1 aromatic rings. The Morgan fingerprint density at radius 2 is 1.38 bits per heavy atom. The van der Waals surface area contributed by atoms with Crippen molar-refractivity contribution in [2.75, 3.05) is 34.2 Å². The van der Waals surface area contributed by atoms with Crippen LogP contribution >= 0.6 is 7.26 Å². The van der Waals surface area contributed by atoms with Crippen LogP contribution in [0.15, 0.2) is 24.3 Å². The van der Waals surface area contributed by atoms with Crippen molar-refractivity contribution < 1.29 is 33.5 Å². The highest BCUT2D eigenvalue weighted by molar-refractivity contribution is 7.81. The Morgan fingerprint density at radius 3 is 1.96 bits per heavy atom. The number of aryl methyl sites for hydroxylation is 1. The van der Waals surface area contributed by atoms with Crippen LogP contribution in [-0.2, 0) is 15.9 Å². The van der Waals surface area contributed by atoms with Crippen LogP contribution in [0, 0.1) is 0 Å². The van der Waals surface area contributed by atoms with Gasteiger partial charge in [-0.3, -0.25) is 0 Å². The molecule has 0 amide bonds. The number of benzene rings is 1. The van der Waals surface area contributed by atoms with Crippen molar-refractivity contribution in [1.29, 1.82) is 0 Å². The summed E-state index contributed by atoms with van der Waals surface area (Å²) in [5.41, 5.74) is 1.58. The lowest BCUT2D eigenvalue weighted by molar-refractivity contribution is -0.107. The second-order valence-electron chi connectivity index (χ2n) is 7.20. The maximum Gasteiger partial charge on any atom is 0.156 e. The maximum atomic E-state index is 5.21. The zero-order chi connectivity index (χ0) is 17.1. The lowest BCUT2D eigenvalue weighted by atomic mass is 10.0. The Labute approximate surface area is 167 Å². The predicted octanol–water partition coefficient (Wildman–Crippen LogP) is 2.11. The molecule has 0 bridgehead atoms. The fraction of sp³-hybridized carbons (Fsp3) is 0.700. The lowest BCUT2D eigenvalue weighted by Gasteiger charge is -2.16. The Bertz CT molecular complexity index is 428. The molecule has 0 saturated carbocycles. The van der Waals surface area contributed by atoms with Gasteiger partial charge in [-0.05, 0) is 37.3 Å². The van der Waals surface area contributed by atoms with Crippen molar-refractivity contribution in [1.82, 2.24) is 0 Å². The molecule has 0 radical (unpaired) electrons. The SMILES string of the molecule is COC(CCCCCCCCc1ccccc1[P+](C)(C)C)OC.[I-]. The van der Waals surface area contributed by atoms with E-state index in [2.05, 4.69) is 44.3 Å². The third kappa shape index (κ3) is 9.70. The Hall–Kier alpha value is 0.300. The van der Waals surface area contributed by atoms with Crippen molar-refractivity contribution in [2.45, 2.75) is 57.7 Å². The van der Waals surface area contributed by atoms with Gasteiger partial charge < -0.3 is 33.5 Å². The standard InChI is InChI=1S/C20H36O2P.HI/c1-21-20(22-2)17-11-9-7-6-8-10-14-18-15-12-13-16-19(18)23(3,4)5;/h12-13,15-16,20H,6-11,14,17H2,1-5H3;1H/q+1;/p-1. The molecule has 0 fully saturated rings. The number of halogens is 1. The summed E-state index contributed by atoms with van der Waals surface area (Å²) >= 11 is 0. The van der Waals surface area contributed by atoms with E-state index in [-0.39, 0.29) is 30.3 Å². The van der Waals surface area contributed by atoms with Gasteiger partial charge >= 0.3 is 0 Å². The van der Waals surface area contributed by atoms with Gasteiger partial charge in [0, 0.05) is 21.5 Å². The van der Waals surface area contributed by atoms with Crippen LogP contribution in [0.25, 0.3) is 0 Å². The molecular weight excluding hydrogens is 430 g/mol. The monoisotopic (exact) mass is 466 g/mol. The van der Waals surface area contributed by atoms with Crippen LogP contribution in [0.1, 0.15) is 50.5 Å². The third-order valence-corrected chi connectivity index (χ3v) is 6.26. The van der Waals surface area contributed by atoms with E-state index in [9.17, 15) is 0 Å². The van der Waals surface area contributed by atoms with E-state index >= 15 is 0 Å². The minimum absolute atomic E-state index is 0. The van der Waals surface area contributed by atoms with E-state index in [1.165, 1.54) is 44.9 Å². The van der Waals surface area contributed by atoms with E-state index in [0.717, 1.165) is 6.42 Å². The van der Waals surface area contributed by atoms with Crippen molar-refractivity contribution in [3.8, 4) is 0 Å². The molecule has 0 heterocycles. The zero-order valence-corrected chi connectivity index (χ0v) is 19.2. The van der Waals surface area contributed by atoms with Crippen molar-refractivity contribution in [3.63, 3.8) is 0 Å². The van der Waals surface area contributed by atoms with E-state index in [1.54, 1.807) is 25.1 Å². The number of unbranched alkanes of at least 4 members (excludes halogenated alkanes) is 5. The molecule has 0 spiro atoms. The first-order chi connectivity index (χ1) is 11.0. The van der Waals surface area contributed by atoms with Crippen LogP contribution in [0.2, 0.25) is 0 Å². The molecular formula is C20H36IO2P. The largest absolute Gasteiger partial charge is 1.00 e. The minimum Gasteiger partial charge on any atom is -1.00 e. The summed E-state index contributed by atoms with van der Waals surface area (Å²) in [5, 5.41) is 1.62. The average Bonchev–Trinajstić information content (AvgIpc) is 2.53. The molecule has 1 aromatic carbocycles. The van der Waals surface area contributed by atoms with Crippen LogP contribution in [0.4, 0.5) is 0 Å². The smallest absolute Gasteiger partial charge is 0.156 e. The van der Waals surface area contributed by atoms with E-state index in [0.29, 0.717) is 0 Å². The normalized spacial score (nSPS) is 11.6. The van der Waals surface area contributed by atoms with Gasteiger partial charge in [0.05, 0.1) is 25.3 Å². The van der Waals surface area contributed by atoms with Crippen molar-refractivity contribution in [2.24, 2.45) is 0 Å². The fourth-order valence-electron chi connectivity index (χ4n) is 3.04. The summed E-state index contributed by atoms with van der Waals surface area (Å²) in [6, 6.07) is 9.05. The third-order valence-electron chi connectivity index (χ3n) is 4.38. The van der Waals surface area contributed by atoms with E-state index in [1.807, 2.05) is 0 Å². The molecule has 140 valence electrons. The first kappa shape index (κ1) is 24.3. The Kier molecular flexibility index (Phi) is 13.7. The summed E-state index contributed by atoms with van der Waals surface area (Å²) in [5.74, 6) is 0. The molecule has 0 aliphatic heterocycles. The predicted molar refractivity (Wildman–Crippen MR) is 105 cm³/mol. The van der Waals surface area contributed by atoms with Crippen LogP contribution in [0.5, 0.6) is 0 Å². The van der Waals surface area contributed by atoms with Crippen LogP contribution in [0.3, 0.4) is 0 Å². The summed E-state index contributed by atoms with van der Waals surface area (Å²) in [4.78, 5) is 0. The Balaban J connectivity index is 0.00000529. The highest BCUT2D eigenvalue weighted by Gasteiger charge is 2.23. The summed E-state index contributed by atoms with van der Waals surface area (Å²) < 4.78 is 10.4. The quantitative estimate of drug-likeness (QED) is 0.203. The topological polar surface area (TPSA) is 18.5 Å². The first-order valence-corrected chi connectivity index (χ1v) is 12.1. The number of rotatable bonds is 12. The highest BCUT2D eigenvalue weighted by atomic mass is 127. The van der Waals surface area contributed by atoms with Gasteiger partial charge in [-0.2, -0.15) is 0 Å². The minimum atomic E-state index is -0.916.